The third-order valence-corrected chi connectivity index (χ3v) is 3.41. The lowest BCUT2D eigenvalue weighted by Crippen LogP contribution is -2.36. The predicted octanol–water partition coefficient (Wildman–Crippen LogP) is 1.75. The first-order chi connectivity index (χ1) is 9.11. The monoisotopic (exact) mass is 259 g/mol. The third-order valence-electron chi connectivity index (χ3n) is 3.41. The topological polar surface area (TPSA) is 43.1 Å². The fourth-order valence-corrected chi connectivity index (χ4v) is 2.41. The van der Waals surface area contributed by atoms with Gasteiger partial charge in [-0.25, -0.2) is 9.55 Å². The Kier molecular flexibility index (Phi) is 4.10. The molecule has 100 valence electrons. The summed E-state index contributed by atoms with van der Waals surface area (Å²) < 4.78 is 6.78. The van der Waals surface area contributed by atoms with Crippen molar-refractivity contribution in [3.63, 3.8) is 0 Å². The highest BCUT2D eigenvalue weighted by Crippen LogP contribution is 2.26. The quantitative estimate of drug-likeness (QED) is 0.613. The summed E-state index contributed by atoms with van der Waals surface area (Å²) in [5, 5.41) is 0. The Morgan fingerprint density at radius 2 is 2.37 bits per heavy atom. The summed E-state index contributed by atoms with van der Waals surface area (Å²) in [6.45, 7) is 2.02. The van der Waals surface area contributed by atoms with Crippen LogP contribution in [0.3, 0.4) is 0 Å². The lowest BCUT2D eigenvalue weighted by molar-refractivity contribution is -0.680. The second-order valence-electron chi connectivity index (χ2n) is 4.74. The molecule has 2 rings (SSSR count). The van der Waals surface area contributed by atoms with Crippen LogP contribution in [0.25, 0.3) is 0 Å². The summed E-state index contributed by atoms with van der Waals surface area (Å²) in [4.78, 5) is 15.6. The SMILES string of the molecule is COC(=O)CC1=CCC(c2c(C)ncc[n+]2C)C=C1. The standard InChI is InChI=1S/C15H19N2O2/c1-11-15(17(2)9-8-16-11)13-6-4-12(5-7-13)10-14(18)19-3/h4-6,8-9,13H,7,10H2,1-3H3/q+1. The molecule has 4 heteroatoms. The van der Waals surface area contributed by atoms with E-state index in [9.17, 15) is 4.79 Å². The van der Waals surface area contributed by atoms with E-state index in [-0.39, 0.29) is 5.97 Å². The van der Waals surface area contributed by atoms with Crippen molar-refractivity contribution in [3.05, 3.63) is 47.6 Å². The lowest BCUT2D eigenvalue weighted by atomic mass is 9.91. The zero-order chi connectivity index (χ0) is 13.8. The summed E-state index contributed by atoms with van der Waals surface area (Å²) in [5.41, 5.74) is 3.28. The van der Waals surface area contributed by atoms with Crippen LogP contribution in [0.2, 0.25) is 0 Å². The van der Waals surface area contributed by atoms with E-state index in [1.807, 2.05) is 32.4 Å². The molecule has 19 heavy (non-hydrogen) atoms. The molecule has 0 aromatic carbocycles. The van der Waals surface area contributed by atoms with Crippen LogP contribution in [0.5, 0.6) is 0 Å². The molecule has 1 atom stereocenters. The van der Waals surface area contributed by atoms with Gasteiger partial charge in [0.15, 0.2) is 6.20 Å². The number of aromatic nitrogens is 2. The van der Waals surface area contributed by atoms with E-state index in [4.69, 9.17) is 0 Å². The van der Waals surface area contributed by atoms with E-state index in [0.717, 1.165) is 17.7 Å². The minimum absolute atomic E-state index is 0.197. The number of hydrogen-bond donors (Lipinski definition) is 0. The van der Waals surface area contributed by atoms with Crippen molar-refractivity contribution in [3.8, 4) is 0 Å². The van der Waals surface area contributed by atoms with E-state index >= 15 is 0 Å². The number of aryl methyl sites for hydroxylation is 2. The van der Waals surface area contributed by atoms with E-state index in [2.05, 4.69) is 26.4 Å². The maximum absolute atomic E-state index is 11.2. The van der Waals surface area contributed by atoms with Gasteiger partial charge in [0.1, 0.15) is 12.7 Å². The Morgan fingerprint density at radius 1 is 1.58 bits per heavy atom. The van der Waals surface area contributed by atoms with E-state index in [0.29, 0.717) is 12.3 Å². The van der Waals surface area contributed by atoms with Crippen molar-refractivity contribution in [2.75, 3.05) is 7.11 Å². The smallest absolute Gasteiger partial charge is 0.309 e. The first-order valence-electron chi connectivity index (χ1n) is 6.37. The van der Waals surface area contributed by atoms with Crippen molar-refractivity contribution in [2.24, 2.45) is 7.05 Å². The number of allylic oxidation sites excluding steroid dienone is 3. The average Bonchev–Trinajstić information content (AvgIpc) is 2.40. The van der Waals surface area contributed by atoms with E-state index < -0.39 is 0 Å². The number of methoxy groups -OCH3 is 1. The first-order valence-corrected chi connectivity index (χ1v) is 6.37. The van der Waals surface area contributed by atoms with Gasteiger partial charge >= 0.3 is 5.97 Å². The zero-order valence-corrected chi connectivity index (χ0v) is 11.6. The van der Waals surface area contributed by atoms with Crippen LogP contribution in [0, 0.1) is 6.92 Å². The van der Waals surface area contributed by atoms with Crippen LogP contribution in [-0.4, -0.2) is 18.1 Å². The predicted molar refractivity (Wildman–Crippen MR) is 71.4 cm³/mol. The van der Waals surface area contributed by atoms with Gasteiger partial charge in [0.2, 0.25) is 5.69 Å². The van der Waals surface area contributed by atoms with Crippen molar-refractivity contribution in [2.45, 2.75) is 25.7 Å². The van der Waals surface area contributed by atoms with Crippen LogP contribution in [0.4, 0.5) is 0 Å². The zero-order valence-electron chi connectivity index (χ0n) is 11.6. The minimum atomic E-state index is -0.197. The Labute approximate surface area is 113 Å². The fraction of sp³-hybridized carbons (Fsp3) is 0.400. The van der Waals surface area contributed by atoms with Crippen LogP contribution in [-0.2, 0) is 16.6 Å². The van der Waals surface area contributed by atoms with Crippen molar-refractivity contribution < 1.29 is 14.1 Å². The highest BCUT2D eigenvalue weighted by molar-refractivity contribution is 5.73. The summed E-state index contributed by atoms with van der Waals surface area (Å²) in [6.07, 6.45) is 11.3. The van der Waals surface area contributed by atoms with E-state index in [1.165, 1.54) is 12.8 Å². The minimum Gasteiger partial charge on any atom is -0.469 e. The number of carbonyl (C=O) groups is 1. The molecule has 0 aliphatic heterocycles. The molecule has 1 aliphatic rings. The summed E-state index contributed by atoms with van der Waals surface area (Å²) >= 11 is 0. The van der Waals surface area contributed by atoms with Gasteiger partial charge < -0.3 is 4.74 Å². The maximum Gasteiger partial charge on any atom is 0.309 e. The fourth-order valence-electron chi connectivity index (χ4n) is 2.41. The lowest BCUT2D eigenvalue weighted by Gasteiger charge is -2.15. The maximum atomic E-state index is 11.2. The molecule has 1 aromatic rings. The Morgan fingerprint density at radius 3 is 2.95 bits per heavy atom. The summed E-state index contributed by atoms with van der Waals surface area (Å²) in [5.74, 6) is 0.123. The molecule has 0 saturated carbocycles. The van der Waals surface area contributed by atoms with Crippen LogP contribution >= 0.6 is 0 Å². The van der Waals surface area contributed by atoms with Gasteiger partial charge in [0.25, 0.3) is 0 Å². The van der Waals surface area contributed by atoms with Gasteiger partial charge in [-0.15, -0.1) is 0 Å². The van der Waals surface area contributed by atoms with Gasteiger partial charge in [0, 0.05) is 0 Å². The Hall–Kier alpha value is -1.97. The summed E-state index contributed by atoms with van der Waals surface area (Å²) in [6, 6.07) is 0. The second kappa shape index (κ2) is 5.78. The highest BCUT2D eigenvalue weighted by Gasteiger charge is 2.22. The van der Waals surface area contributed by atoms with Crippen molar-refractivity contribution in [1.82, 2.24) is 4.98 Å². The molecule has 1 aliphatic carbocycles. The summed E-state index contributed by atoms with van der Waals surface area (Å²) in [7, 11) is 3.45. The highest BCUT2D eigenvalue weighted by atomic mass is 16.5. The molecule has 1 heterocycles. The molecule has 0 saturated heterocycles. The molecule has 0 spiro atoms. The first kappa shape index (κ1) is 13.5. The van der Waals surface area contributed by atoms with Crippen LogP contribution < -0.4 is 4.57 Å². The number of nitrogens with zero attached hydrogens (tertiary/aromatic N) is 2. The number of esters is 1. The van der Waals surface area contributed by atoms with Gasteiger partial charge in [-0.3, -0.25) is 4.79 Å². The van der Waals surface area contributed by atoms with E-state index in [1.54, 1.807) is 0 Å². The molecule has 0 fully saturated rings. The van der Waals surface area contributed by atoms with Crippen LogP contribution in [0.1, 0.15) is 30.1 Å². The van der Waals surface area contributed by atoms with Gasteiger partial charge in [0.05, 0.1) is 25.6 Å². The van der Waals surface area contributed by atoms with Gasteiger partial charge in [-0.2, -0.15) is 0 Å². The number of hydrogen-bond acceptors (Lipinski definition) is 3. The third kappa shape index (κ3) is 3.08. The van der Waals surface area contributed by atoms with Gasteiger partial charge in [-0.1, -0.05) is 18.2 Å². The number of rotatable bonds is 3. The molecule has 1 unspecified atom stereocenters. The largest absolute Gasteiger partial charge is 0.469 e. The Balaban J connectivity index is 2.12. The van der Waals surface area contributed by atoms with Crippen molar-refractivity contribution >= 4 is 5.97 Å². The van der Waals surface area contributed by atoms with Crippen molar-refractivity contribution in [1.29, 1.82) is 0 Å². The molecule has 0 N–H and O–H groups in total. The molecule has 0 amide bonds. The molecule has 0 bridgehead atoms. The van der Waals surface area contributed by atoms with Crippen LogP contribution in [0.15, 0.2) is 36.2 Å². The Bertz CT molecular complexity index is 527. The normalized spacial score (nSPS) is 18.1. The molecule has 0 radical (unpaired) electrons. The molecular formula is C15H19N2O2+. The molecule has 1 aromatic heterocycles. The van der Waals surface area contributed by atoms with Gasteiger partial charge in [-0.05, 0) is 18.9 Å². The second-order valence-corrected chi connectivity index (χ2v) is 4.74. The average molecular weight is 259 g/mol. The number of ether oxygens (including phenoxy) is 1. The number of carbonyl (C=O) groups excluding carboxylic acids is 1. The molecular weight excluding hydrogens is 240 g/mol. The molecule has 4 nitrogen and oxygen atoms in total.